The molecule has 22 heavy (non-hydrogen) atoms. The predicted molar refractivity (Wildman–Crippen MR) is 87.2 cm³/mol. The number of aliphatic hydroxyl groups excluding tert-OH is 1. The number of halogens is 2. The van der Waals surface area contributed by atoms with E-state index in [1.165, 1.54) is 12.8 Å². The summed E-state index contributed by atoms with van der Waals surface area (Å²) < 4.78 is 0. The molecule has 1 aromatic carbocycles. The highest BCUT2D eigenvalue weighted by Gasteiger charge is 2.32. The molecule has 1 aliphatic heterocycles. The van der Waals surface area contributed by atoms with Gasteiger partial charge in [0.25, 0.3) is 0 Å². The molecule has 1 aliphatic carbocycles. The van der Waals surface area contributed by atoms with Crippen LogP contribution in [0.3, 0.4) is 0 Å². The number of amides is 1. The van der Waals surface area contributed by atoms with E-state index < -0.39 is 6.10 Å². The van der Waals surface area contributed by atoms with Gasteiger partial charge in [0.2, 0.25) is 5.91 Å². The van der Waals surface area contributed by atoms with E-state index in [1.54, 1.807) is 18.2 Å². The zero-order chi connectivity index (χ0) is 15.7. The predicted octanol–water partition coefficient (Wildman–Crippen LogP) is 2.72. The summed E-state index contributed by atoms with van der Waals surface area (Å²) in [5.41, 5.74) is 0.586. The molecule has 1 atom stereocenters. The van der Waals surface area contributed by atoms with Crippen LogP contribution in [-0.2, 0) is 4.79 Å². The summed E-state index contributed by atoms with van der Waals surface area (Å²) in [5, 5.41) is 11.2. The van der Waals surface area contributed by atoms with Crippen LogP contribution in [-0.4, -0.2) is 53.0 Å². The van der Waals surface area contributed by atoms with Gasteiger partial charge in [-0.2, -0.15) is 0 Å². The van der Waals surface area contributed by atoms with Crippen molar-refractivity contribution in [2.75, 3.05) is 26.2 Å². The number of benzene rings is 1. The van der Waals surface area contributed by atoms with Crippen molar-refractivity contribution in [3.63, 3.8) is 0 Å². The van der Waals surface area contributed by atoms with Gasteiger partial charge in [0, 0.05) is 42.3 Å². The molecule has 4 nitrogen and oxygen atoms in total. The molecule has 1 amide bonds. The first-order chi connectivity index (χ1) is 10.5. The number of carbonyl (C=O) groups excluding carboxylic acids is 1. The van der Waals surface area contributed by atoms with Gasteiger partial charge >= 0.3 is 0 Å². The van der Waals surface area contributed by atoms with Gasteiger partial charge in [0.1, 0.15) is 0 Å². The van der Waals surface area contributed by atoms with Crippen molar-refractivity contribution < 1.29 is 9.90 Å². The number of piperazine rings is 1. The first-order valence-electron chi connectivity index (χ1n) is 7.69. The normalized spacial score (nSPS) is 21.0. The summed E-state index contributed by atoms with van der Waals surface area (Å²) in [5.74, 6) is -0.0148. The number of rotatable bonds is 4. The van der Waals surface area contributed by atoms with Crippen LogP contribution in [0.15, 0.2) is 18.2 Å². The van der Waals surface area contributed by atoms with Crippen molar-refractivity contribution in [1.29, 1.82) is 0 Å². The van der Waals surface area contributed by atoms with E-state index in [4.69, 9.17) is 23.2 Å². The number of hydrogen-bond acceptors (Lipinski definition) is 3. The van der Waals surface area contributed by atoms with E-state index in [1.807, 2.05) is 4.90 Å². The summed E-state index contributed by atoms with van der Waals surface area (Å²) in [6.07, 6.45) is 1.79. The van der Waals surface area contributed by atoms with E-state index in [2.05, 4.69) is 4.90 Å². The highest BCUT2D eigenvalue weighted by molar-refractivity contribution is 6.34. The molecule has 1 saturated heterocycles. The monoisotopic (exact) mass is 342 g/mol. The molecule has 1 heterocycles. The van der Waals surface area contributed by atoms with Crippen LogP contribution >= 0.6 is 23.2 Å². The quantitative estimate of drug-likeness (QED) is 0.914. The van der Waals surface area contributed by atoms with Crippen LogP contribution in [0.4, 0.5) is 0 Å². The lowest BCUT2D eigenvalue weighted by Crippen LogP contribution is -2.49. The average Bonchev–Trinajstić information content (AvgIpc) is 3.31. The molecule has 0 radical (unpaired) electrons. The minimum atomic E-state index is -0.870. The average molecular weight is 343 g/mol. The summed E-state index contributed by atoms with van der Waals surface area (Å²) in [6.45, 7) is 3.38. The van der Waals surface area contributed by atoms with E-state index in [0.29, 0.717) is 15.6 Å². The molecule has 6 heteroatoms. The van der Waals surface area contributed by atoms with Crippen molar-refractivity contribution in [2.45, 2.75) is 31.4 Å². The standard InChI is InChI=1S/C16H20Cl2N2O2/c17-12-7-11(8-13(18)9-12)15(21)10-16(22)20-5-3-19(4-6-20)14-1-2-14/h7-9,14-15,21H,1-6,10H2. The van der Waals surface area contributed by atoms with Crippen LogP contribution < -0.4 is 0 Å². The third kappa shape index (κ3) is 3.93. The van der Waals surface area contributed by atoms with Crippen molar-refractivity contribution in [3.8, 4) is 0 Å². The molecular formula is C16H20Cl2N2O2. The van der Waals surface area contributed by atoms with Crippen LogP contribution in [0.1, 0.15) is 30.9 Å². The lowest BCUT2D eigenvalue weighted by molar-refractivity contribution is -0.135. The van der Waals surface area contributed by atoms with Crippen LogP contribution in [0.25, 0.3) is 0 Å². The molecule has 1 N–H and O–H groups in total. The zero-order valence-corrected chi connectivity index (χ0v) is 13.9. The lowest BCUT2D eigenvalue weighted by Gasteiger charge is -2.35. The second-order valence-corrected chi connectivity index (χ2v) is 6.94. The highest BCUT2D eigenvalue weighted by atomic mass is 35.5. The fourth-order valence-electron chi connectivity index (χ4n) is 2.96. The van der Waals surface area contributed by atoms with Gasteiger partial charge in [-0.15, -0.1) is 0 Å². The molecule has 120 valence electrons. The Morgan fingerprint density at radius 1 is 1.14 bits per heavy atom. The first kappa shape index (κ1) is 16.1. The second kappa shape index (κ2) is 6.75. The molecule has 0 spiro atoms. The zero-order valence-electron chi connectivity index (χ0n) is 12.3. The van der Waals surface area contributed by atoms with E-state index in [9.17, 15) is 9.90 Å². The second-order valence-electron chi connectivity index (χ2n) is 6.07. The molecule has 0 aromatic heterocycles. The first-order valence-corrected chi connectivity index (χ1v) is 8.44. The summed E-state index contributed by atoms with van der Waals surface area (Å²) >= 11 is 11.9. The molecule has 2 fully saturated rings. The minimum Gasteiger partial charge on any atom is -0.388 e. The SMILES string of the molecule is O=C(CC(O)c1cc(Cl)cc(Cl)c1)N1CCN(C2CC2)CC1. The highest BCUT2D eigenvalue weighted by Crippen LogP contribution is 2.28. The van der Waals surface area contributed by atoms with E-state index in [-0.39, 0.29) is 12.3 Å². The van der Waals surface area contributed by atoms with Gasteiger partial charge in [-0.3, -0.25) is 9.69 Å². The fraction of sp³-hybridized carbons (Fsp3) is 0.562. The minimum absolute atomic E-state index is 0.0148. The number of carbonyl (C=O) groups is 1. The topological polar surface area (TPSA) is 43.8 Å². The Kier molecular flexibility index (Phi) is 4.93. The van der Waals surface area contributed by atoms with Gasteiger partial charge in [0.05, 0.1) is 12.5 Å². The molecule has 1 saturated carbocycles. The molecule has 1 aromatic rings. The Hall–Kier alpha value is -0.810. The van der Waals surface area contributed by atoms with Gasteiger partial charge in [-0.05, 0) is 36.6 Å². The molecule has 1 unspecified atom stereocenters. The third-order valence-corrected chi connectivity index (χ3v) is 4.80. The Balaban J connectivity index is 1.54. The van der Waals surface area contributed by atoms with Crippen LogP contribution in [0, 0.1) is 0 Å². The number of hydrogen-bond donors (Lipinski definition) is 1. The van der Waals surface area contributed by atoms with Gasteiger partial charge in [-0.1, -0.05) is 23.2 Å². The summed E-state index contributed by atoms with van der Waals surface area (Å²) in [7, 11) is 0. The Labute approximate surface area is 140 Å². The van der Waals surface area contributed by atoms with Crippen molar-refractivity contribution in [3.05, 3.63) is 33.8 Å². The maximum absolute atomic E-state index is 12.3. The largest absolute Gasteiger partial charge is 0.388 e. The summed E-state index contributed by atoms with van der Waals surface area (Å²) in [4.78, 5) is 16.6. The number of nitrogens with zero attached hydrogens (tertiary/aromatic N) is 2. The van der Waals surface area contributed by atoms with Crippen LogP contribution in [0.5, 0.6) is 0 Å². The lowest BCUT2D eigenvalue weighted by atomic mass is 10.1. The smallest absolute Gasteiger partial charge is 0.225 e. The molecule has 0 bridgehead atoms. The van der Waals surface area contributed by atoms with Gasteiger partial charge < -0.3 is 10.0 Å². The van der Waals surface area contributed by atoms with Crippen LogP contribution in [0.2, 0.25) is 10.0 Å². The maximum Gasteiger partial charge on any atom is 0.225 e. The van der Waals surface area contributed by atoms with E-state index in [0.717, 1.165) is 32.2 Å². The van der Waals surface area contributed by atoms with Crippen molar-refractivity contribution in [2.24, 2.45) is 0 Å². The Morgan fingerprint density at radius 2 is 1.73 bits per heavy atom. The third-order valence-electron chi connectivity index (χ3n) is 4.37. The Morgan fingerprint density at radius 3 is 2.27 bits per heavy atom. The van der Waals surface area contributed by atoms with Crippen molar-refractivity contribution >= 4 is 29.1 Å². The maximum atomic E-state index is 12.3. The van der Waals surface area contributed by atoms with E-state index >= 15 is 0 Å². The summed E-state index contributed by atoms with van der Waals surface area (Å²) in [6, 6.07) is 5.65. The molecule has 2 aliphatic rings. The van der Waals surface area contributed by atoms with Gasteiger partial charge in [0.15, 0.2) is 0 Å². The van der Waals surface area contributed by atoms with Crippen molar-refractivity contribution in [1.82, 2.24) is 9.80 Å². The molecular weight excluding hydrogens is 323 g/mol. The fourth-order valence-corrected chi connectivity index (χ4v) is 3.50. The Bertz CT molecular complexity index is 535. The molecule has 3 rings (SSSR count). The van der Waals surface area contributed by atoms with Gasteiger partial charge in [-0.25, -0.2) is 0 Å². The number of aliphatic hydroxyl groups is 1.